The van der Waals surface area contributed by atoms with E-state index in [0.717, 1.165) is 48.1 Å². The second-order valence-corrected chi connectivity index (χ2v) is 7.10. The molecule has 3 rings (SSSR count). The largest absolute Gasteiger partial charge is 0.494 e. The Bertz CT molecular complexity index is 826. The molecule has 0 atom stereocenters. The van der Waals surface area contributed by atoms with Gasteiger partial charge in [-0.1, -0.05) is 25.5 Å². The number of ether oxygens (including phenoxy) is 1. The van der Waals surface area contributed by atoms with Crippen LogP contribution >= 0.6 is 11.3 Å². The van der Waals surface area contributed by atoms with Crippen LogP contribution in [-0.4, -0.2) is 24.0 Å². The Labute approximate surface area is 163 Å². The van der Waals surface area contributed by atoms with Crippen LogP contribution in [0.2, 0.25) is 0 Å². The molecule has 2 aromatic heterocycles. The lowest BCUT2D eigenvalue weighted by Gasteiger charge is -2.07. The molecule has 142 valence electrons. The van der Waals surface area contributed by atoms with Crippen LogP contribution in [0.5, 0.6) is 5.75 Å². The third-order valence-electron chi connectivity index (χ3n) is 4.05. The second-order valence-electron chi connectivity index (χ2n) is 6.24. The molecular weight excluding hydrogens is 360 g/mol. The number of hydrogen-bond acceptors (Lipinski definition) is 5. The topological polar surface area (TPSA) is 64.4 Å². The normalized spacial score (nSPS) is 10.7. The van der Waals surface area contributed by atoms with Gasteiger partial charge in [0.15, 0.2) is 10.8 Å². The summed E-state index contributed by atoms with van der Waals surface area (Å²) in [6.45, 7) is 3.50. The maximum Gasteiger partial charge on any atom is 0.226 e. The highest BCUT2D eigenvalue weighted by atomic mass is 32.1. The Morgan fingerprint density at radius 3 is 2.85 bits per heavy atom. The lowest BCUT2D eigenvalue weighted by Crippen LogP contribution is -2.27. The Hall–Kier alpha value is -2.60. The summed E-state index contributed by atoms with van der Waals surface area (Å²) in [5.41, 5.74) is 1.93. The van der Waals surface area contributed by atoms with E-state index < -0.39 is 0 Å². The Morgan fingerprint density at radius 2 is 2.11 bits per heavy atom. The molecule has 1 N–H and O–H groups in total. The maximum absolute atomic E-state index is 12.1. The molecule has 0 unspecified atom stereocenters. The van der Waals surface area contributed by atoms with E-state index in [0.29, 0.717) is 6.54 Å². The minimum Gasteiger partial charge on any atom is -0.494 e. The fourth-order valence-corrected chi connectivity index (χ4v) is 3.35. The first-order valence-corrected chi connectivity index (χ1v) is 10.1. The molecular formula is C21H24N2O3S. The molecule has 0 aliphatic carbocycles. The summed E-state index contributed by atoms with van der Waals surface area (Å²) in [5, 5.41) is 5.64. The van der Waals surface area contributed by atoms with E-state index in [-0.39, 0.29) is 12.3 Å². The van der Waals surface area contributed by atoms with Gasteiger partial charge in [-0.25, -0.2) is 4.98 Å². The number of unbranched alkanes of at least 4 members (excludes halogenated alkanes) is 1. The zero-order valence-electron chi connectivity index (χ0n) is 15.4. The van der Waals surface area contributed by atoms with Crippen molar-refractivity contribution in [3.63, 3.8) is 0 Å². The number of hydrogen-bond donors (Lipinski definition) is 1. The van der Waals surface area contributed by atoms with Gasteiger partial charge in [0.25, 0.3) is 0 Å². The first-order valence-electron chi connectivity index (χ1n) is 9.21. The van der Waals surface area contributed by atoms with Gasteiger partial charge in [0.1, 0.15) is 5.75 Å². The van der Waals surface area contributed by atoms with Crippen LogP contribution in [0.15, 0.2) is 52.5 Å². The number of thiazole rings is 1. The monoisotopic (exact) mass is 384 g/mol. The first kappa shape index (κ1) is 19.2. The molecule has 3 aromatic rings. The van der Waals surface area contributed by atoms with Crippen molar-refractivity contribution in [1.29, 1.82) is 0 Å². The lowest BCUT2D eigenvalue weighted by atomic mass is 10.1. The summed E-state index contributed by atoms with van der Waals surface area (Å²) in [5.74, 6) is 1.60. The van der Waals surface area contributed by atoms with E-state index >= 15 is 0 Å². The van der Waals surface area contributed by atoms with Crippen LogP contribution in [0.25, 0.3) is 10.8 Å². The standard InChI is InChI=1S/C21H24N2O3S/c1-2-3-12-25-18-8-6-16(7-9-18)10-11-22-20(24)14-17-15-27-21(23-17)19-5-4-13-26-19/h4-9,13,15H,2-3,10-12,14H2,1H3,(H,22,24). The number of nitrogens with zero attached hydrogens (tertiary/aromatic N) is 1. The molecule has 0 radical (unpaired) electrons. The second kappa shape index (κ2) is 9.92. The van der Waals surface area contributed by atoms with Gasteiger partial charge >= 0.3 is 0 Å². The van der Waals surface area contributed by atoms with Crippen molar-refractivity contribution in [3.05, 3.63) is 59.3 Å². The predicted molar refractivity (Wildman–Crippen MR) is 107 cm³/mol. The molecule has 0 saturated carbocycles. The molecule has 0 aliphatic heterocycles. The number of amides is 1. The summed E-state index contributed by atoms with van der Waals surface area (Å²) >= 11 is 1.48. The number of aromatic nitrogens is 1. The van der Waals surface area contributed by atoms with Gasteiger partial charge in [0, 0.05) is 11.9 Å². The van der Waals surface area contributed by atoms with E-state index in [1.807, 2.05) is 41.8 Å². The minimum absolute atomic E-state index is 0.0224. The molecule has 6 heteroatoms. The number of rotatable bonds is 10. The molecule has 0 aliphatic rings. The molecule has 0 saturated heterocycles. The Morgan fingerprint density at radius 1 is 1.26 bits per heavy atom. The van der Waals surface area contributed by atoms with E-state index in [1.165, 1.54) is 16.9 Å². The fraction of sp³-hybridized carbons (Fsp3) is 0.333. The van der Waals surface area contributed by atoms with Gasteiger partial charge in [-0.15, -0.1) is 11.3 Å². The highest BCUT2D eigenvalue weighted by Gasteiger charge is 2.10. The van der Waals surface area contributed by atoms with Gasteiger partial charge in [0.2, 0.25) is 5.91 Å². The number of carbonyl (C=O) groups excluding carboxylic acids is 1. The number of benzene rings is 1. The third-order valence-corrected chi connectivity index (χ3v) is 4.96. The van der Waals surface area contributed by atoms with E-state index in [4.69, 9.17) is 9.15 Å². The predicted octanol–water partition coefficient (Wildman–Crippen LogP) is 4.48. The molecule has 1 amide bonds. The average molecular weight is 385 g/mol. The lowest BCUT2D eigenvalue weighted by molar-refractivity contribution is -0.120. The van der Waals surface area contributed by atoms with Crippen LogP contribution in [0.3, 0.4) is 0 Å². The van der Waals surface area contributed by atoms with Crippen molar-refractivity contribution >= 4 is 17.2 Å². The highest BCUT2D eigenvalue weighted by Crippen LogP contribution is 2.24. The van der Waals surface area contributed by atoms with Gasteiger partial charge in [0.05, 0.1) is 25.0 Å². The SMILES string of the molecule is CCCCOc1ccc(CCNC(=O)Cc2csc(-c3ccco3)n2)cc1. The number of carbonyl (C=O) groups is 1. The molecule has 0 bridgehead atoms. The van der Waals surface area contributed by atoms with Crippen molar-refractivity contribution in [1.82, 2.24) is 10.3 Å². The first-order chi connectivity index (χ1) is 13.2. The molecule has 2 heterocycles. The molecule has 5 nitrogen and oxygen atoms in total. The summed E-state index contributed by atoms with van der Waals surface area (Å²) < 4.78 is 11.0. The zero-order chi connectivity index (χ0) is 18.9. The number of furan rings is 1. The summed E-state index contributed by atoms with van der Waals surface area (Å²) in [4.78, 5) is 16.6. The summed E-state index contributed by atoms with van der Waals surface area (Å²) in [6, 6.07) is 11.7. The van der Waals surface area contributed by atoms with Crippen LogP contribution in [0.1, 0.15) is 31.0 Å². The fourth-order valence-electron chi connectivity index (χ4n) is 2.56. The van der Waals surface area contributed by atoms with Crippen molar-refractivity contribution in [2.45, 2.75) is 32.6 Å². The van der Waals surface area contributed by atoms with E-state index in [2.05, 4.69) is 17.2 Å². The number of nitrogens with one attached hydrogen (secondary N) is 1. The van der Waals surface area contributed by atoms with Crippen molar-refractivity contribution in [3.8, 4) is 16.5 Å². The van der Waals surface area contributed by atoms with Crippen LogP contribution in [-0.2, 0) is 17.6 Å². The molecule has 0 fully saturated rings. The van der Waals surface area contributed by atoms with Crippen molar-refractivity contribution in [2.75, 3.05) is 13.2 Å². The molecule has 27 heavy (non-hydrogen) atoms. The molecule has 1 aromatic carbocycles. The van der Waals surface area contributed by atoms with Crippen molar-refractivity contribution in [2.24, 2.45) is 0 Å². The third kappa shape index (κ3) is 5.96. The summed E-state index contributed by atoms with van der Waals surface area (Å²) in [7, 11) is 0. The van der Waals surface area contributed by atoms with E-state index in [1.54, 1.807) is 6.26 Å². The van der Waals surface area contributed by atoms with Gasteiger partial charge in [-0.2, -0.15) is 0 Å². The Balaban J connectivity index is 1.39. The maximum atomic E-state index is 12.1. The minimum atomic E-state index is -0.0224. The average Bonchev–Trinajstić information content (AvgIpc) is 3.35. The smallest absolute Gasteiger partial charge is 0.226 e. The van der Waals surface area contributed by atoms with Gasteiger partial charge < -0.3 is 14.5 Å². The highest BCUT2D eigenvalue weighted by molar-refractivity contribution is 7.13. The van der Waals surface area contributed by atoms with Gasteiger partial charge in [-0.05, 0) is 42.7 Å². The molecule has 0 spiro atoms. The van der Waals surface area contributed by atoms with Crippen LogP contribution in [0, 0.1) is 0 Å². The van der Waals surface area contributed by atoms with E-state index in [9.17, 15) is 4.79 Å². The quantitative estimate of drug-likeness (QED) is 0.523. The van der Waals surface area contributed by atoms with Crippen LogP contribution < -0.4 is 10.1 Å². The summed E-state index contributed by atoms with van der Waals surface area (Å²) in [6.07, 6.45) is 4.88. The van der Waals surface area contributed by atoms with Crippen LogP contribution in [0.4, 0.5) is 0 Å². The van der Waals surface area contributed by atoms with Crippen molar-refractivity contribution < 1.29 is 13.9 Å². The van der Waals surface area contributed by atoms with Gasteiger partial charge in [-0.3, -0.25) is 4.79 Å². The zero-order valence-corrected chi connectivity index (χ0v) is 16.3. The Kier molecular flexibility index (Phi) is 7.04.